The van der Waals surface area contributed by atoms with Gasteiger partial charge in [0.05, 0.1) is 11.6 Å². The SMILES string of the molecule is CN(Cc1cccc(C#N)c1)[C@H]1C[C@H]2CC(=O)NC[C@H]2C1. The first-order chi connectivity index (χ1) is 10.2. The van der Waals surface area contributed by atoms with E-state index in [2.05, 4.69) is 29.4 Å². The molecule has 2 aliphatic rings. The van der Waals surface area contributed by atoms with E-state index in [9.17, 15) is 4.79 Å². The maximum atomic E-state index is 11.5. The van der Waals surface area contributed by atoms with Crippen LogP contribution in [0.25, 0.3) is 0 Å². The molecule has 1 saturated heterocycles. The zero-order valence-corrected chi connectivity index (χ0v) is 12.4. The molecule has 1 aromatic rings. The first kappa shape index (κ1) is 14.1. The number of amides is 1. The van der Waals surface area contributed by atoms with Crippen LogP contribution in [0.1, 0.15) is 30.4 Å². The van der Waals surface area contributed by atoms with Crippen molar-refractivity contribution in [1.29, 1.82) is 5.26 Å². The summed E-state index contributed by atoms with van der Waals surface area (Å²) >= 11 is 0. The Morgan fingerprint density at radius 3 is 3.00 bits per heavy atom. The molecule has 1 aromatic carbocycles. The van der Waals surface area contributed by atoms with Crippen molar-refractivity contribution < 1.29 is 4.79 Å². The molecule has 1 amide bonds. The third-order valence-corrected chi connectivity index (χ3v) is 4.94. The Bertz CT molecular complexity index is 578. The number of nitrogens with one attached hydrogen (secondary N) is 1. The Morgan fingerprint density at radius 1 is 1.38 bits per heavy atom. The van der Waals surface area contributed by atoms with Crippen LogP contribution >= 0.6 is 0 Å². The number of carbonyl (C=O) groups is 1. The van der Waals surface area contributed by atoms with Gasteiger partial charge in [0.15, 0.2) is 0 Å². The summed E-state index contributed by atoms with van der Waals surface area (Å²) in [5.41, 5.74) is 1.90. The normalized spacial score (nSPS) is 28.0. The van der Waals surface area contributed by atoms with Crippen molar-refractivity contribution >= 4 is 5.91 Å². The first-order valence-electron chi connectivity index (χ1n) is 7.61. The topological polar surface area (TPSA) is 56.1 Å². The third kappa shape index (κ3) is 3.08. The smallest absolute Gasteiger partial charge is 0.220 e. The van der Waals surface area contributed by atoms with Gasteiger partial charge in [-0.1, -0.05) is 12.1 Å². The molecule has 21 heavy (non-hydrogen) atoms. The van der Waals surface area contributed by atoms with Crippen LogP contribution < -0.4 is 5.32 Å². The van der Waals surface area contributed by atoms with Gasteiger partial charge in [-0.2, -0.15) is 5.26 Å². The number of nitriles is 1. The van der Waals surface area contributed by atoms with E-state index < -0.39 is 0 Å². The van der Waals surface area contributed by atoms with E-state index in [1.54, 1.807) is 0 Å². The Labute approximate surface area is 125 Å². The van der Waals surface area contributed by atoms with E-state index >= 15 is 0 Å². The highest BCUT2D eigenvalue weighted by Gasteiger charge is 2.39. The van der Waals surface area contributed by atoms with Crippen LogP contribution in [-0.4, -0.2) is 30.4 Å². The molecule has 1 N–H and O–H groups in total. The fourth-order valence-electron chi connectivity index (χ4n) is 3.75. The largest absolute Gasteiger partial charge is 0.356 e. The Balaban J connectivity index is 1.62. The lowest BCUT2D eigenvalue weighted by molar-refractivity contribution is -0.124. The molecule has 2 fully saturated rings. The first-order valence-corrected chi connectivity index (χ1v) is 7.61. The van der Waals surface area contributed by atoms with Crippen LogP contribution in [0, 0.1) is 23.2 Å². The van der Waals surface area contributed by atoms with Crippen LogP contribution in [-0.2, 0) is 11.3 Å². The van der Waals surface area contributed by atoms with Crippen molar-refractivity contribution in [2.24, 2.45) is 11.8 Å². The Kier molecular flexibility index (Phi) is 3.94. The van der Waals surface area contributed by atoms with Crippen LogP contribution in [0.5, 0.6) is 0 Å². The van der Waals surface area contributed by atoms with E-state index in [4.69, 9.17) is 5.26 Å². The minimum atomic E-state index is 0.210. The molecule has 1 aliphatic heterocycles. The van der Waals surface area contributed by atoms with Crippen LogP contribution in [0.4, 0.5) is 0 Å². The predicted octanol–water partition coefficient (Wildman–Crippen LogP) is 1.90. The number of carbonyl (C=O) groups excluding carboxylic acids is 1. The van der Waals surface area contributed by atoms with Gasteiger partial charge in [-0.05, 0) is 49.4 Å². The number of fused-ring (bicyclic) bond motifs is 1. The maximum Gasteiger partial charge on any atom is 0.220 e. The summed E-state index contributed by atoms with van der Waals surface area (Å²) in [6.07, 6.45) is 2.98. The zero-order chi connectivity index (χ0) is 14.8. The fraction of sp³-hybridized carbons (Fsp3) is 0.529. The molecule has 1 saturated carbocycles. The van der Waals surface area contributed by atoms with Gasteiger partial charge in [0.25, 0.3) is 0 Å². The molecule has 3 atom stereocenters. The highest BCUT2D eigenvalue weighted by atomic mass is 16.1. The number of benzene rings is 1. The van der Waals surface area contributed by atoms with E-state index in [1.165, 1.54) is 12.0 Å². The van der Waals surface area contributed by atoms with Gasteiger partial charge in [-0.3, -0.25) is 9.69 Å². The molecule has 0 spiro atoms. The number of piperidine rings is 1. The van der Waals surface area contributed by atoms with Gasteiger partial charge >= 0.3 is 0 Å². The number of nitrogens with zero attached hydrogens (tertiary/aromatic N) is 2. The van der Waals surface area contributed by atoms with Crippen LogP contribution in [0.2, 0.25) is 0 Å². The second-order valence-corrected chi connectivity index (χ2v) is 6.38. The predicted molar refractivity (Wildman–Crippen MR) is 80.3 cm³/mol. The number of hydrogen-bond acceptors (Lipinski definition) is 3. The summed E-state index contributed by atoms with van der Waals surface area (Å²) in [5, 5.41) is 12.0. The van der Waals surface area contributed by atoms with Gasteiger partial charge in [-0.15, -0.1) is 0 Å². The number of rotatable bonds is 3. The van der Waals surface area contributed by atoms with E-state index in [-0.39, 0.29) is 5.91 Å². The zero-order valence-electron chi connectivity index (χ0n) is 12.4. The van der Waals surface area contributed by atoms with Gasteiger partial charge in [0.1, 0.15) is 0 Å². The molecular weight excluding hydrogens is 262 g/mol. The Hall–Kier alpha value is -1.86. The second kappa shape index (κ2) is 5.87. The van der Waals surface area contributed by atoms with Crippen LogP contribution in [0.3, 0.4) is 0 Å². The number of hydrogen-bond donors (Lipinski definition) is 1. The molecule has 0 radical (unpaired) electrons. The van der Waals surface area contributed by atoms with Gasteiger partial charge in [-0.25, -0.2) is 0 Å². The molecule has 110 valence electrons. The van der Waals surface area contributed by atoms with Crippen molar-refractivity contribution in [3.05, 3.63) is 35.4 Å². The minimum absolute atomic E-state index is 0.210. The lowest BCUT2D eigenvalue weighted by Crippen LogP contribution is -2.38. The molecule has 1 heterocycles. The molecule has 1 aliphatic carbocycles. The standard InChI is InChI=1S/C17H21N3O/c1-20(11-13-4-2-3-12(5-13)9-18)16-6-14-8-17(21)19-10-15(14)7-16/h2-5,14-16H,6-8,10-11H2,1H3,(H,19,21)/t14-,15+,16-/m0/s1. The molecule has 4 heteroatoms. The lowest BCUT2D eigenvalue weighted by atomic mass is 9.89. The van der Waals surface area contributed by atoms with Gasteiger partial charge in [0.2, 0.25) is 5.91 Å². The van der Waals surface area contributed by atoms with Crippen molar-refractivity contribution in [1.82, 2.24) is 10.2 Å². The van der Waals surface area contributed by atoms with Crippen molar-refractivity contribution in [2.45, 2.75) is 31.8 Å². The van der Waals surface area contributed by atoms with Gasteiger partial charge < -0.3 is 5.32 Å². The van der Waals surface area contributed by atoms with Crippen molar-refractivity contribution in [3.63, 3.8) is 0 Å². The monoisotopic (exact) mass is 283 g/mol. The summed E-state index contributed by atoms with van der Waals surface area (Å²) in [4.78, 5) is 13.9. The average molecular weight is 283 g/mol. The summed E-state index contributed by atoms with van der Waals surface area (Å²) in [6.45, 7) is 1.71. The highest BCUT2D eigenvalue weighted by Crippen LogP contribution is 2.38. The summed E-state index contributed by atoms with van der Waals surface area (Å²) < 4.78 is 0. The molecule has 0 bridgehead atoms. The highest BCUT2D eigenvalue weighted by molar-refractivity contribution is 5.77. The minimum Gasteiger partial charge on any atom is -0.356 e. The summed E-state index contributed by atoms with van der Waals surface area (Å²) in [5.74, 6) is 1.40. The summed E-state index contributed by atoms with van der Waals surface area (Å²) in [6, 6.07) is 10.5. The molecule has 0 unspecified atom stereocenters. The molecule has 0 aromatic heterocycles. The molecule has 3 rings (SSSR count). The van der Waals surface area contributed by atoms with E-state index in [0.717, 1.165) is 25.1 Å². The lowest BCUT2D eigenvalue weighted by Gasteiger charge is -2.24. The second-order valence-electron chi connectivity index (χ2n) is 6.38. The molecule has 4 nitrogen and oxygen atoms in total. The average Bonchev–Trinajstić information content (AvgIpc) is 2.90. The van der Waals surface area contributed by atoms with E-state index in [1.807, 2.05) is 18.2 Å². The van der Waals surface area contributed by atoms with Crippen molar-refractivity contribution in [3.8, 4) is 6.07 Å². The van der Waals surface area contributed by atoms with Crippen LogP contribution in [0.15, 0.2) is 24.3 Å². The fourth-order valence-corrected chi connectivity index (χ4v) is 3.75. The van der Waals surface area contributed by atoms with Crippen molar-refractivity contribution in [2.75, 3.05) is 13.6 Å². The quantitative estimate of drug-likeness (QED) is 0.922. The maximum absolute atomic E-state index is 11.5. The Morgan fingerprint density at radius 2 is 2.19 bits per heavy atom. The van der Waals surface area contributed by atoms with E-state index in [0.29, 0.717) is 24.3 Å². The third-order valence-electron chi connectivity index (χ3n) is 4.94. The summed E-state index contributed by atoms with van der Waals surface area (Å²) in [7, 11) is 2.15. The molecular formula is C17H21N3O. The van der Waals surface area contributed by atoms with Gasteiger partial charge in [0, 0.05) is 25.6 Å².